The van der Waals surface area contributed by atoms with Gasteiger partial charge < -0.3 is 5.32 Å². The van der Waals surface area contributed by atoms with E-state index < -0.39 is 0 Å². The molecule has 1 aliphatic carbocycles. The second kappa shape index (κ2) is 7.44. The minimum atomic E-state index is 0.661. The highest BCUT2D eigenvalue weighted by Gasteiger charge is 2.19. The third-order valence-electron chi connectivity index (χ3n) is 4.16. The number of nitrogens with one attached hydrogen (secondary N) is 1. The van der Waals surface area contributed by atoms with Crippen LogP contribution in [0.2, 0.25) is 0 Å². The maximum absolute atomic E-state index is 3.82. The molecule has 0 aliphatic heterocycles. The first-order valence-corrected chi connectivity index (χ1v) is 8.51. The van der Waals surface area contributed by atoms with Gasteiger partial charge in [-0.05, 0) is 55.9 Å². The molecule has 0 radical (unpaired) electrons. The van der Waals surface area contributed by atoms with E-state index in [4.69, 9.17) is 0 Å². The number of halogens is 1. The predicted octanol–water partition coefficient (Wildman–Crippen LogP) is 4.86. The van der Waals surface area contributed by atoms with Crippen molar-refractivity contribution in [3.05, 3.63) is 33.8 Å². The first-order chi connectivity index (χ1) is 9.19. The average Bonchev–Trinajstić information content (AvgIpc) is 2.39. The minimum absolute atomic E-state index is 0.661. The maximum atomic E-state index is 3.82. The molecule has 106 valence electrons. The monoisotopic (exact) mass is 323 g/mol. The molecule has 2 heteroatoms. The van der Waals surface area contributed by atoms with E-state index in [-0.39, 0.29) is 0 Å². The second-order valence-electron chi connectivity index (χ2n) is 5.92. The lowest BCUT2D eigenvalue weighted by molar-refractivity contribution is 0.386. The van der Waals surface area contributed by atoms with Crippen LogP contribution in [0.25, 0.3) is 0 Å². The van der Waals surface area contributed by atoms with Gasteiger partial charge in [0, 0.05) is 16.6 Å². The number of unbranched alkanes of at least 4 members (excludes halogenated alkanes) is 2. The van der Waals surface area contributed by atoms with Crippen molar-refractivity contribution in [1.29, 1.82) is 0 Å². The van der Waals surface area contributed by atoms with Crippen molar-refractivity contribution in [1.82, 2.24) is 5.32 Å². The van der Waals surface area contributed by atoms with Crippen molar-refractivity contribution in [2.24, 2.45) is 0 Å². The predicted molar refractivity (Wildman–Crippen MR) is 86.7 cm³/mol. The summed E-state index contributed by atoms with van der Waals surface area (Å²) in [5.41, 5.74) is 3.07. The van der Waals surface area contributed by atoms with Crippen molar-refractivity contribution in [2.45, 2.75) is 70.9 Å². The Hall–Kier alpha value is -0.340. The summed E-state index contributed by atoms with van der Waals surface area (Å²) < 4.78 is 1.21. The van der Waals surface area contributed by atoms with Gasteiger partial charge in [0.05, 0.1) is 0 Å². The Balaban J connectivity index is 1.83. The Kier molecular flexibility index (Phi) is 5.90. The molecule has 0 aromatic heterocycles. The van der Waals surface area contributed by atoms with Gasteiger partial charge in [0.2, 0.25) is 0 Å². The largest absolute Gasteiger partial charge is 0.311 e. The summed E-state index contributed by atoms with van der Waals surface area (Å²) in [4.78, 5) is 0. The van der Waals surface area contributed by atoms with E-state index in [0.29, 0.717) is 12.1 Å². The van der Waals surface area contributed by atoms with Gasteiger partial charge in [-0.2, -0.15) is 0 Å². The van der Waals surface area contributed by atoms with E-state index in [1.807, 2.05) is 0 Å². The summed E-state index contributed by atoms with van der Waals surface area (Å²) in [5.74, 6) is 0. The van der Waals surface area contributed by atoms with Crippen LogP contribution < -0.4 is 5.32 Å². The molecule has 1 aliphatic rings. The topological polar surface area (TPSA) is 12.0 Å². The van der Waals surface area contributed by atoms with Crippen LogP contribution in [0.15, 0.2) is 22.7 Å². The molecule has 0 bridgehead atoms. The van der Waals surface area contributed by atoms with Crippen LogP contribution in [0.4, 0.5) is 0 Å². The average molecular weight is 324 g/mol. The molecule has 0 saturated heterocycles. The number of benzene rings is 1. The van der Waals surface area contributed by atoms with Crippen molar-refractivity contribution in [2.75, 3.05) is 0 Å². The molecule has 0 spiro atoms. The Morgan fingerprint density at radius 2 is 2.16 bits per heavy atom. The lowest BCUT2D eigenvalue weighted by Gasteiger charge is -2.28. The highest BCUT2D eigenvalue weighted by atomic mass is 79.9. The highest BCUT2D eigenvalue weighted by molar-refractivity contribution is 9.10. The van der Waals surface area contributed by atoms with Gasteiger partial charge in [0.25, 0.3) is 0 Å². The van der Waals surface area contributed by atoms with Crippen LogP contribution in [0, 0.1) is 0 Å². The summed E-state index contributed by atoms with van der Waals surface area (Å²) in [6, 6.07) is 8.08. The molecule has 19 heavy (non-hydrogen) atoms. The molecule has 1 nitrogen and oxygen atoms in total. The fourth-order valence-corrected chi connectivity index (χ4v) is 3.46. The van der Waals surface area contributed by atoms with Gasteiger partial charge in [0.1, 0.15) is 0 Å². The van der Waals surface area contributed by atoms with Gasteiger partial charge in [0.15, 0.2) is 0 Å². The van der Waals surface area contributed by atoms with Crippen LogP contribution in [0.3, 0.4) is 0 Å². The third kappa shape index (κ3) is 4.61. The number of fused-ring (bicyclic) bond motifs is 1. The van der Waals surface area contributed by atoms with Crippen LogP contribution in [0.5, 0.6) is 0 Å². The summed E-state index contributed by atoms with van der Waals surface area (Å²) >= 11 is 3.57. The summed E-state index contributed by atoms with van der Waals surface area (Å²) in [6.45, 7) is 4.61. The zero-order valence-corrected chi connectivity index (χ0v) is 13.8. The summed E-state index contributed by atoms with van der Waals surface area (Å²) in [6.07, 6.45) is 9.06. The molecule has 1 aromatic rings. The zero-order valence-electron chi connectivity index (χ0n) is 12.2. The van der Waals surface area contributed by atoms with Crippen molar-refractivity contribution in [3.63, 3.8) is 0 Å². The van der Waals surface area contributed by atoms with Crippen LogP contribution in [0.1, 0.15) is 57.1 Å². The number of aryl methyl sites for hydroxylation is 1. The van der Waals surface area contributed by atoms with Gasteiger partial charge in [-0.15, -0.1) is 0 Å². The van der Waals surface area contributed by atoms with Gasteiger partial charge in [-0.25, -0.2) is 0 Å². The first-order valence-electron chi connectivity index (χ1n) is 7.72. The molecular formula is C17H26BrN. The first kappa shape index (κ1) is 15.1. The SMILES string of the molecule is CCCCCC(C)NC1CCc2cc(Br)ccc2C1. The van der Waals surface area contributed by atoms with Crippen molar-refractivity contribution < 1.29 is 0 Å². The van der Waals surface area contributed by atoms with E-state index in [9.17, 15) is 0 Å². The lowest BCUT2D eigenvalue weighted by atomic mass is 9.88. The normalized spacial score (nSPS) is 20.1. The maximum Gasteiger partial charge on any atom is 0.0178 e. The van der Waals surface area contributed by atoms with Gasteiger partial charge in [-0.3, -0.25) is 0 Å². The van der Waals surface area contributed by atoms with E-state index in [0.717, 1.165) is 0 Å². The van der Waals surface area contributed by atoms with Crippen molar-refractivity contribution >= 4 is 15.9 Å². The Morgan fingerprint density at radius 3 is 2.95 bits per heavy atom. The number of hydrogen-bond acceptors (Lipinski definition) is 1. The molecule has 2 unspecified atom stereocenters. The fourth-order valence-electron chi connectivity index (χ4n) is 3.05. The van der Waals surface area contributed by atoms with Gasteiger partial charge >= 0.3 is 0 Å². The van der Waals surface area contributed by atoms with Crippen LogP contribution >= 0.6 is 15.9 Å². The smallest absolute Gasteiger partial charge is 0.0178 e. The Labute approximate surface area is 126 Å². The zero-order chi connectivity index (χ0) is 13.7. The quantitative estimate of drug-likeness (QED) is 0.737. The van der Waals surface area contributed by atoms with E-state index >= 15 is 0 Å². The molecular weight excluding hydrogens is 298 g/mol. The lowest BCUT2D eigenvalue weighted by Crippen LogP contribution is -2.40. The molecule has 0 amide bonds. The number of hydrogen-bond donors (Lipinski definition) is 1. The third-order valence-corrected chi connectivity index (χ3v) is 4.65. The van der Waals surface area contributed by atoms with Crippen LogP contribution in [-0.4, -0.2) is 12.1 Å². The molecule has 1 aromatic carbocycles. The molecule has 2 rings (SSSR count). The number of rotatable bonds is 6. The van der Waals surface area contributed by atoms with Crippen LogP contribution in [-0.2, 0) is 12.8 Å². The van der Waals surface area contributed by atoms with E-state index in [1.165, 1.54) is 60.5 Å². The standard InChI is InChI=1S/C17H26BrN/c1-3-4-5-6-13(2)19-17-10-8-14-11-16(18)9-7-15(14)12-17/h7,9,11,13,17,19H,3-6,8,10,12H2,1-2H3. The molecule has 2 atom stereocenters. The highest BCUT2D eigenvalue weighted by Crippen LogP contribution is 2.25. The molecule has 0 saturated carbocycles. The Morgan fingerprint density at radius 1 is 1.32 bits per heavy atom. The molecule has 0 heterocycles. The Bertz CT molecular complexity index is 402. The molecule has 1 N–H and O–H groups in total. The summed E-state index contributed by atoms with van der Waals surface area (Å²) in [5, 5.41) is 3.82. The summed E-state index contributed by atoms with van der Waals surface area (Å²) in [7, 11) is 0. The molecule has 0 fully saturated rings. The van der Waals surface area contributed by atoms with Gasteiger partial charge in [-0.1, -0.05) is 48.2 Å². The fraction of sp³-hybridized carbons (Fsp3) is 0.647. The van der Waals surface area contributed by atoms with E-state index in [2.05, 4.69) is 53.3 Å². The second-order valence-corrected chi connectivity index (χ2v) is 6.83. The minimum Gasteiger partial charge on any atom is -0.311 e. The van der Waals surface area contributed by atoms with E-state index in [1.54, 1.807) is 0 Å². The van der Waals surface area contributed by atoms with Crippen molar-refractivity contribution in [3.8, 4) is 0 Å².